The predicted molar refractivity (Wildman–Crippen MR) is 202 cm³/mol. The predicted octanol–water partition coefficient (Wildman–Crippen LogP) is 6.18. The van der Waals surface area contributed by atoms with Crippen molar-refractivity contribution in [2.24, 2.45) is 4.99 Å². The molecular weight excluding hydrogens is 774 g/mol. The van der Waals surface area contributed by atoms with Crippen molar-refractivity contribution in [2.45, 2.75) is 45.2 Å². The van der Waals surface area contributed by atoms with Gasteiger partial charge in [-0.15, -0.1) is 0 Å². The average Bonchev–Trinajstić information content (AvgIpc) is 3.53. The van der Waals surface area contributed by atoms with Gasteiger partial charge in [-0.2, -0.15) is 0 Å². The van der Waals surface area contributed by atoms with E-state index in [2.05, 4.69) is 47.2 Å². The van der Waals surface area contributed by atoms with Gasteiger partial charge in [0.15, 0.2) is 0 Å². The highest BCUT2D eigenvalue weighted by Crippen LogP contribution is 2.46. The molecule has 3 aromatic rings. The van der Waals surface area contributed by atoms with Gasteiger partial charge in [-0.25, -0.2) is 4.98 Å². The fourth-order valence-corrected chi connectivity index (χ4v) is 8.12. The van der Waals surface area contributed by atoms with Crippen LogP contribution in [0.25, 0.3) is 22.0 Å². The molecule has 1 amide bonds. The number of hydrogen-bond acceptors (Lipinski definition) is 9. The van der Waals surface area contributed by atoms with Gasteiger partial charge in [-0.1, -0.05) is 4.99 Å². The van der Waals surface area contributed by atoms with Crippen LogP contribution in [0, 0.1) is 10.1 Å². The number of aliphatic imine (C=N–C) groups is 1. The Morgan fingerprint density at radius 2 is 1.80 bits per heavy atom. The number of quaternary nitrogens is 1. The molecule has 2 aliphatic heterocycles. The molecule has 0 aliphatic carbocycles. The number of anilines is 1. The number of aromatic nitrogens is 2. The van der Waals surface area contributed by atoms with E-state index in [-0.39, 0.29) is 29.4 Å². The highest BCUT2D eigenvalue weighted by atomic mass is 79.9. The minimum atomic E-state index is -0.443. The van der Waals surface area contributed by atoms with Gasteiger partial charge in [0.2, 0.25) is 5.91 Å². The van der Waals surface area contributed by atoms with Crippen LogP contribution < -0.4 is 20.3 Å². The molecule has 2 aliphatic rings. The van der Waals surface area contributed by atoms with Gasteiger partial charge in [0.25, 0.3) is 5.56 Å². The number of benzene rings is 1. The number of carbonyl (C=O) groups is 1. The third kappa shape index (κ3) is 7.94. The van der Waals surface area contributed by atoms with Gasteiger partial charge in [0.1, 0.15) is 30.1 Å². The van der Waals surface area contributed by atoms with E-state index in [0.717, 1.165) is 10.9 Å². The smallest absolute Gasteiger partial charge is 0.368 e. The van der Waals surface area contributed by atoms with Gasteiger partial charge < -0.3 is 38.9 Å². The van der Waals surface area contributed by atoms with Gasteiger partial charge >= 0.3 is 5.82 Å². The summed E-state index contributed by atoms with van der Waals surface area (Å²) in [6.07, 6.45) is 8.37. The van der Waals surface area contributed by atoms with Crippen molar-refractivity contribution >= 4 is 60.7 Å². The van der Waals surface area contributed by atoms with Crippen molar-refractivity contribution in [3.8, 4) is 22.6 Å². The summed E-state index contributed by atoms with van der Waals surface area (Å²) in [6, 6.07) is 5.49. The normalized spacial score (nSPS) is 15.5. The second-order valence-corrected chi connectivity index (χ2v) is 15.0. The van der Waals surface area contributed by atoms with Crippen molar-refractivity contribution in [1.82, 2.24) is 14.5 Å². The number of halogens is 2. The number of fused-ring (bicyclic) bond motifs is 1. The third-order valence-electron chi connectivity index (χ3n) is 8.86. The first-order chi connectivity index (χ1) is 23.7. The Bertz CT molecular complexity index is 1930. The summed E-state index contributed by atoms with van der Waals surface area (Å²) in [5.41, 5.74) is 2.32. The molecule has 50 heavy (non-hydrogen) atoms. The maximum absolute atomic E-state index is 14.6. The maximum Gasteiger partial charge on any atom is 0.368 e. The number of pyridine rings is 2. The summed E-state index contributed by atoms with van der Waals surface area (Å²) in [6.45, 7) is 5.99. The Hall–Kier alpha value is -4.08. The van der Waals surface area contributed by atoms with E-state index in [9.17, 15) is 19.7 Å². The van der Waals surface area contributed by atoms with Crippen LogP contribution in [-0.2, 0) is 4.79 Å². The molecule has 0 saturated carbocycles. The van der Waals surface area contributed by atoms with Gasteiger partial charge in [0, 0.05) is 66.9 Å². The topological polar surface area (TPSA) is 141 Å². The molecule has 0 radical (unpaired) electrons. The van der Waals surface area contributed by atoms with E-state index in [1.807, 2.05) is 50.7 Å². The molecule has 13 nitrogen and oxygen atoms in total. The molecular formula is C35H42Br2N7O6+. The first kappa shape index (κ1) is 37.2. The summed E-state index contributed by atoms with van der Waals surface area (Å²) in [5.74, 6) is 1.53. The Morgan fingerprint density at radius 1 is 1.14 bits per heavy atom. The van der Waals surface area contributed by atoms with Gasteiger partial charge in [0.05, 0.1) is 60.5 Å². The fraction of sp³-hybridized carbons (Fsp3) is 0.429. The average molecular weight is 817 g/mol. The molecule has 0 atom stereocenters. The molecule has 1 saturated heterocycles. The molecule has 1 fully saturated rings. The highest BCUT2D eigenvalue weighted by molar-refractivity contribution is 9.11. The molecule has 15 heteroatoms. The van der Waals surface area contributed by atoms with E-state index in [4.69, 9.17) is 9.47 Å². The van der Waals surface area contributed by atoms with Crippen molar-refractivity contribution in [3.63, 3.8) is 0 Å². The van der Waals surface area contributed by atoms with Crippen LogP contribution in [-0.4, -0.2) is 96.5 Å². The largest absolute Gasteiger partial charge is 0.495 e. The van der Waals surface area contributed by atoms with Gasteiger partial charge in [-0.3, -0.25) is 9.59 Å². The van der Waals surface area contributed by atoms with Gasteiger partial charge in [-0.05, 0) is 75.6 Å². The van der Waals surface area contributed by atoms with E-state index in [0.29, 0.717) is 92.9 Å². The lowest BCUT2D eigenvalue weighted by Gasteiger charge is -2.33. The van der Waals surface area contributed by atoms with Crippen LogP contribution in [0.4, 0.5) is 5.82 Å². The Labute approximate surface area is 307 Å². The molecule has 1 N–H and O–H groups in total. The highest BCUT2D eigenvalue weighted by Gasteiger charge is 2.30. The number of likely N-dealkylation sites (N-methyl/N-ethyl adjacent to an activating group) is 1. The van der Waals surface area contributed by atoms with Crippen molar-refractivity contribution in [1.29, 1.82) is 0 Å². The molecule has 4 heterocycles. The number of piperidine rings is 1. The number of nitrogens with zero attached hydrogens (tertiary/aromatic N) is 6. The lowest BCUT2D eigenvalue weighted by Crippen LogP contribution is -2.42. The van der Waals surface area contributed by atoms with E-state index >= 15 is 0 Å². The minimum Gasteiger partial charge on any atom is -0.495 e. The molecule has 0 bridgehead atoms. The lowest BCUT2D eigenvalue weighted by molar-refractivity contribution is -0.880. The molecule has 0 unspecified atom stereocenters. The maximum atomic E-state index is 14.6. The lowest BCUT2D eigenvalue weighted by atomic mass is 10.00. The summed E-state index contributed by atoms with van der Waals surface area (Å²) in [7, 11) is 7.06. The first-order valence-corrected chi connectivity index (χ1v) is 17.9. The Morgan fingerprint density at radius 3 is 2.40 bits per heavy atom. The van der Waals surface area contributed by atoms with E-state index in [1.165, 1.54) is 0 Å². The number of rotatable bonds is 12. The first-order valence-electron chi connectivity index (χ1n) is 16.3. The van der Waals surface area contributed by atoms with Crippen molar-refractivity contribution < 1.29 is 23.7 Å². The SMILES string of the molecule is COc1cc(OC)c(Br)c(-c2cc3cnc(NC(C)C)cc3n(C3CCN(C(=O)/C=C/C[N+](C)(C)CC4=C([N+](=O)[O-])N=CC4)CC3)c2=O)c1Br. The summed E-state index contributed by atoms with van der Waals surface area (Å²) >= 11 is 7.33. The second kappa shape index (κ2) is 15.4. The van der Waals surface area contributed by atoms with Crippen LogP contribution in [0.2, 0.25) is 0 Å². The molecule has 2 aromatic heterocycles. The summed E-state index contributed by atoms with van der Waals surface area (Å²) in [4.78, 5) is 49.1. The third-order valence-corrected chi connectivity index (χ3v) is 10.4. The monoisotopic (exact) mass is 814 g/mol. The standard InChI is InChI=1S/C35H41Br2N7O6/c1-21(2)40-29-17-26-23(19-39-29)16-25(31-32(36)27(49-5)18-28(50-6)33(31)37)35(46)42(26)24-10-13-41(14-11-24)30(45)8-7-15-44(3,4)20-22-9-12-38-34(22)43(47)48/h7-8,12,16-19,21,24H,9-11,13-15,20H2,1-6H3/p+1/b8-7+. The fourth-order valence-electron chi connectivity index (χ4n) is 6.48. The van der Waals surface area contributed by atoms with Crippen LogP contribution in [0.5, 0.6) is 11.5 Å². The number of nitro groups is 1. The van der Waals surface area contributed by atoms with Crippen LogP contribution in [0.3, 0.4) is 0 Å². The Kier molecular flexibility index (Phi) is 11.5. The van der Waals surface area contributed by atoms with Crippen LogP contribution in [0.1, 0.15) is 39.2 Å². The van der Waals surface area contributed by atoms with E-state index < -0.39 is 4.92 Å². The number of amides is 1. The molecule has 266 valence electrons. The second-order valence-electron chi connectivity index (χ2n) is 13.4. The zero-order valence-corrected chi connectivity index (χ0v) is 32.2. The minimum absolute atomic E-state index is 0.0799. The number of carbonyl (C=O) groups excluding carboxylic acids is 1. The Balaban J connectivity index is 1.41. The number of methoxy groups -OCH3 is 2. The molecule has 0 spiro atoms. The summed E-state index contributed by atoms with van der Waals surface area (Å²) < 4.78 is 14.7. The zero-order valence-electron chi connectivity index (χ0n) is 29.0. The quantitative estimate of drug-likeness (QED) is 0.0989. The van der Waals surface area contributed by atoms with Crippen LogP contribution >= 0.6 is 31.9 Å². The number of ether oxygens (including phenoxy) is 2. The van der Waals surface area contributed by atoms with Crippen molar-refractivity contribution in [3.05, 3.63) is 77.4 Å². The molecule has 1 aromatic carbocycles. The summed E-state index contributed by atoms with van der Waals surface area (Å²) in [5, 5.41) is 15.4. The molecule has 5 rings (SSSR count). The van der Waals surface area contributed by atoms with E-state index in [1.54, 1.807) is 43.7 Å². The zero-order chi connectivity index (χ0) is 36.3. The number of likely N-dealkylation sites (tertiary alicyclic amines) is 1. The number of nitrogens with one attached hydrogen (secondary N) is 1. The van der Waals surface area contributed by atoms with Crippen LogP contribution in [0.15, 0.2) is 66.7 Å². The number of hydrogen-bond donors (Lipinski definition) is 1. The van der Waals surface area contributed by atoms with Crippen molar-refractivity contribution in [2.75, 3.05) is 59.8 Å².